The van der Waals surface area contributed by atoms with Gasteiger partial charge < -0.3 is 11.1 Å². The lowest BCUT2D eigenvalue weighted by Gasteiger charge is -2.14. The second-order valence-corrected chi connectivity index (χ2v) is 4.34. The van der Waals surface area contributed by atoms with E-state index >= 15 is 0 Å². The zero-order valence-corrected chi connectivity index (χ0v) is 10.8. The summed E-state index contributed by atoms with van der Waals surface area (Å²) in [7, 11) is 0. The second-order valence-electron chi connectivity index (χ2n) is 4.34. The fourth-order valence-electron chi connectivity index (χ4n) is 1.60. The van der Waals surface area contributed by atoms with E-state index in [1.165, 1.54) is 12.1 Å². The number of halogens is 3. The third-order valence-electron chi connectivity index (χ3n) is 2.76. The van der Waals surface area contributed by atoms with Crippen molar-refractivity contribution in [3.63, 3.8) is 0 Å². The summed E-state index contributed by atoms with van der Waals surface area (Å²) in [6, 6.07) is 4.53. The van der Waals surface area contributed by atoms with E-state index in [-0.39, 0.29) is 5.69 Å². The van der Waals surface area contributed by atoms with Gasteiger partial charge in [0.05, 0.1) is 17.2 Å². The van der Waals surface area contributed by atoms with E-state index in [1.807, 2.05) is 0 Å². The lowest BCUT2D eigenvalue weighted by Crippen LogP contribution is -2.23. The molecule has 1 rings (SSSR count). The number of nitrogens with two attached hydrogens (primary N) is 1. The number of hydrogen-bond acceptors (Lipinski definition) is 3. The molecule has 1 atom stereocenters. The van der Waals surface area contributed by atoms with Crippen LogP contribution in [0.15, 0.2) is 18.2 Å². The van der Waals surface area contributed by atoms with Gasteiger partial charge in [-0.2, -0.15) is 18.4 Å². The van der Waals surface area contributed by atoms with E-state index in [2.05, 4.69) is 5.32 Å². The van der Waals surface area contributed by atoms with Crippen LogP contribution in [0.3, 0.4) is 0 Å². The maximum atomic E-state index is 12.8. The first-order valence-electron chi connectivity index (χ1n) is 5.92. The van der Waals surface area contributed by atoms with Crippen molar-refractivity contribution in [1.82, 2.24) is 0 Å². The van der Waals surface area contributed by atoms with E-state index in [0.29, 0.717) is 13.0 Å². The molecule has 108 valence electrons. The average molecular weight is 285 g/mol. The standard InChI is InChI=1S/C13H14F3N3O/c1-8(4-5-17)12(20)19-10-3-2-9(7-18)11(6-10)13(14,15)16/h2-3,6,8H,4-5,17H2,1H3,(H,19,20). The van der Waals surface area contributed by atoms with Crippen molar-refractivity contribution >= 4 is 11.6 Å². The molecule has 0 spiro atoms. The van der Waals surface area contributed by atoms with Crippen LogP contribution in [0.1, 0.15) is 24.5 Å². The Bertz CT molecular complexity index is 535. The zero-order chi connectivity index (χ0) is 15.3. The molecule has 3 N–H and O–H groups in total. The van der Waals surface area contributed by atoms with Gasteiger partial charge in [-0.3, -0.25) is 4.79 Å². The number of carbonyl (C=O) groups excluding carboxylic acids is 1. The third kappa shape index (κ3) is 3.96. The van der Waals surface area contributed by atoms with E-state index in [1.54, 1.807) is 6.92 Å². The number of alkyl halides is 3. The Hall–Kier alpha value is -2.07. The van der Waals surface area contributed by atoms with E-state index in [0.717, 1.165) is 12.1 Å². The number of hydrogen-bond donors (Lipinski definition) is 2. The topological polar surface area (TPSA) is 78.9 Å². The molecule has 0 heterocycles. The number of amides is 1. The Morgan fingerprint density at radius 3 is 2.65 bits per heavy atom. The first-order valence-corrected chi connectivity index (χ1v) is 5.92. The number of nitrogens with one attached hydrogen (secondary N) is 1. The first-order chi connectivity index (χ1) is 9.29. The summed E-state index contributed by atoms with van der Waals surface area (Å²) in [6.45, 7) is 1.95. The SMILES string of the molecule is CC(CCN)C(=O)Nc1ccc(C#N)c(C(F)(F)F)c1. The van der Waals surface area contributed by atoms with Crippen molar-refractivity contribution in [2.75, 3.05) is 11.9 Å². The summed E-state index contributed by atoms with van der Waals surface area (Å²) in [5.41, 5.74) is 3.77. The maximum Gasteiger partial charge on any atom is 0.417 e. The summed E-state index contributed by atoms with van der Waals surface area (Å²) in [5, 5.41) is 11.0. The Labute approximate surface area is 114 Å². The third-order valence-corrected chi connectivity index (χ3v) is 2.76. The Balaban J connectivity index is 2.99. The zero-order valence-electron chi connectivity index (χ0n) is 10.8. The second kappa shape index (κ2) is 6.39. The summed E-state index contributed by atoms with van der Waals surface area (Å²) in [6.07, 6.45) is -4.21. The smallest absolute Gasteiger partial charge is 0.330 e. The van der Waals surface area contributed by atoms with Crippen molar-refractivity contribution in [2.45, 2.75) is 19.5 Å². The Morgan fingerprint density at radius 2 is 2.15 bits per heavy atom. The summed E-state index contributed by atoms with van der Waals surface area (Å²) >= 11 is 0. The lowest BCUT2D eigenvalue weighted by atomic mass is 10.1. The highest BCUT2D eigenvalue weighted by Gasteiger charge is 2.34. The maximum absolute atomic E-state index is 12.8. The van der Waals surface area contributed by atoms with E-state index in [4.69, 9.17) is 11.0 Å². The van der Waals surface area contributed by atoms with Gasteiger partial charge in [0.15, 0.2) is 0 Å². The highest BCUT2D eigenvalue weighted by Crippen LogP contribution is 2.33. The van der Waals surface area contributed by atoms with Crippen LogP contribution in [-0.4, -0.2) is 12.5 Å². The molecule has 0 saturated heterocycles. The van der Waals surface area contributed by atoms with E-state index in [9.17, 15) is 18.0 Å². The number of anilines is 1. The van der Waals surface area contributed by atoms with Gasteiger partial charge in [-0.1, -0.05) is 6.92 Å². The molecule has 1 aromatic rings. The molecule has 1 amide bonds. The van der Waals surface area contributed by atoms with Gasteiger partial charge in [0.25, 0.3) is 0 Å². The molecule has 0 radical (unpaired) electrons. The van der Waals surface area contributed by atoms with Crippen LogP contribution in [0.2, 0.25) is 0 Å². The molecular weight excluding hydrogens is 271 g/mol. The molecule has 1 aromatic carbocycles. The largest absolute Gasteiger partial charge is 0.417 e. The van der Waals surface area contributed by atoms with Crippen LogP contribution in [0, 0.1) is 17.2 Å². The monoisotopic (exact) mass is 285 g/mol. The minimum atomic E-state index is -4.64. The fourth-order valence-corrected chi connectivity index (χ4v) is 1.60. The summed E-state index contributed by atoms with van der Waals surface area (Å²) < 4.78 is 38.3. The molecule has 7 heteroatoms. The van der Waals surface area contributed by atoms with Crippen LogP contribution in [0.4, 0.5) is 18.9 Å². The number of carbonyl (C=O) groups is 1. The normalized spacial score (nSPS) is 12.6. The molecule has 0 bridgehead atoms. The van der Waals surface area contributed by atoms with Gasteiger partial charge in [0.1, 0.15) is 0 Å². The lowest BCUT2D eigenvalue weighted by molar-refractivity contribution is -0.137. The average Bonchev–Trinajstić information content (AvgIpc) is 2.37. The van der Waals surface area contributed by atoms with Crippen molar-refractivity contribution in [3.8, 4) is 6.07 Å². The van der Waals surface area contributed by atoms with Gasteiger partial charge >= 0.3 is 6.18 Å². The first kappa shape index (κ1) is 16.0. The number of nitriles is 1. The minimum absolute atomic E-state index is 0.00481. The van der Waals surface area contributed by atoms with Gasteiger partial charge in [-0.15, -0.1) is 0 Å². The number of benzene rings is 1. The molecule has 1 unspecified atom stereocenters. The van der Waals surface area contributed by atoms with Crippen LogP contribution in [-0.2, 0) is 11.0 Å². The van der Waals surface area contributed by atoms with Crippen molar-refractivity contribution < 1.29 is 18.0 Å². The Kier molecular flexibility index (Phi) is 5.11. The molecule has 0 fully saturated rings. The van der Waals surface area contributed by atoms with Crippen LogP contribution in [0.25, 0.3) is 0 Å². The Morgan fingerprint density at radius 1 is 1.50 bits per heavy atom. The molecule has 20 heavy (non-hydrogen) atoms. The predicted octanol–water partition coefficient (Wildman–Crippen LogP) is 2.50. The van der Waals surface area contributed by atoms with Crippen LogP contribution < -0.4 is 11.1 Å². The van der Waals surface area contributed by atoms with E-state index < -0.39 is 29.1 Å². The minimum Gasteiger partial charge on any atom is -0.330 e. The van der Waals surface area contributed by atoms with Gasteiger partial charge in [0, 0.05) is 11.6 Å². The summed E-state index contributed by atoms with van der Waals surface area (Å²) in [5.74, 6) is -0.807. The fraction of sp³-hybridized carbons (Fsp3) is 0.385. The molecule has 4 nitrogen and oxygen atoms in total. The molecular formula is C13H14F3N3O. The predicted molar refractivity (Wildman–Crippen MR) is 67.6 cm³/mol. The van der Waals surface area contributed by atoms with Crippen LogP contribution >= 0.6 is 0 Å². The highest BCUT2D eigenvalue weighted by atomic mass is 19.4. The molecule has 0 saturated carbocycles. The van der Waals surface area contributed by atoms with Gasteiger partial charge in [0.2, 0.25) is 5.91 Å². The number of nitrogens with zero attached hydrogens (tertiary/aromatic N) is 1. The van der Waals surface area contributed by atoms with Crippen molar-refractivity contribution in [3.05, 3.63) is 29.3 Å². The van der Waals surface area contributed by atoms with Crippen molar-refractivity contribution in [1.29, 1.82) is 5.26 Å². The van der Waals surface area contributed by atoms with Crippen molar-refractivity contribution in [2.24, 2.45) is 11.7 Å². The van der Waals surface area contributed by atoms with Crippen LogP contribution in [0.5, 0.6) is 0 Å². The quantitative estimate of drug-likeness (QED) is 0.892. The molecule has 0 aliphatic heterocycles. The number of rotatable bonds is 4. The molecule has 0 aliphatic rings. The summed E-state index contributed by atoms with van der Waals surface area (Å²) in [4.78, 5) is 11.7. The highest BCUT2D eigenvalue weighted by molar-refractivity contribution is 5.92. The molecule has 0 aliphatic carbocycles. The van der Waals surface area contributed by atoms with Gasteiger partial charge in [-0.25, -0.2) is 0 Å². The molecule has 0 aromatic heterocycles. The van der Waals surface area contributed by atoms with Gasteiger partial charge in [-0.05, 0) is 31.2 Å².